The smallest absolute Gasteiger partial charge is 0.422 e. The number of ether oxygens (including phenoxy) is 1. The minimum absolute atomic E-state index is 0.0571. The van der Waals surface area contributed by atoms with Gasteiger partial charge in [0, 0.05) is 18.0 Å². The van der Waals surface area contributed by atoms with Crippen LogP contribution in [0.5, 0.6) is 5.75 Å². The highest BCUT2D eigenvalue weighted by atomic mass is 32.2. The Morgan fingerprint density at radius 3 is 2.36 bits per heavy atom. The van der Waals surface area contributed by atoms with Crippen LogP contribution in [0.2, 0.25) is 0 Å². The zero-order valence-electron chi connectivity index (χ0n) is 15.9. The number of aliphatic hydroxyl groups is 1. The number of alkyl halides is 3. The maximum atomic E-state index is 13.1. The topological polar surface area (TPSA) is 49.8 Å². The zero-order chi connectivity index (χ0) is 20.4. The molecule has 1 aromatic rings. The summed E-state index contributed by atoms with van der Waals surface area (Å²) in [4.78, 5) is 14.8. The molecule has 4 nitrogen and oxygen atoms in total. The van der Waals surface area contributed by atoms with Gasteiger partial charge in [-0.25, -0.2) is 0 Å². The first-order chi connectivity index (χ1) is 13.2. The van der Waals surface area contributed by atoms with Crippen molar-refractivity contribution < 1.29 is 27.8 Å². The lowest BCUT2D eigenvalue weighted by molar-refractivity contribution is -0.153. The third-order valence-corrected chi connectivity index (χ3v) is 6.93. The van der Waals surface area contributed by atoms with E-state index >= 15 is 0 Å². The molecule has 0 atom stereocenters. The van der Waals surface area contributed by atoms with Crippen LogP contribution in [0.4, 0.5) is 18.9 Å². The van der Waals surface area contributed by atoms with E-state index in [2.05, 4.69) is 6.92 Å². The van der Waals surface area contributed by atoms with Crippen molar-refractivity contribution in [2.24, 2.45) is 5.41 Å². The number of nitrogens with zero attached hydrogens (tertiary/aromatic N) is 1. The van der Waals surface area contributed by atoms with E-state index in [0.29, 0.717) is 43.7 Å². The highest BCUT2D eigenvalue weighted by Gasteiger charge is 2.51. The maximum Gasteiger partial charge on any atom is 0.422 e. The molecule has 1 amide bonds. The lowest BCUT2D eigenvalue weighted by atomic mass is 9.68. The standard InChI is InChI=1S/C20H26F3NO3S/c1-2-28-14-19(26)9-7-18(8-10-19)11-12-24(17(18)25)15-3-5-16(6-4-15)27-13-20(21,22)23/h3-6,26H,2,7-14H2,1H3. The fraction of sp³-hybridized carbons (Fsp3) is 0.650. The van der Waals surface area contributed by atoms with E-state index in [0.717, 1.165) is 12.2 Å². The molecule has 1 saturated heterocycles. The third-order valence-electron chi connectivity index (χ3n) is 5.78. The number of carbonyl (C=O) groups is 1. The first-order valence-corrected chi connectivity index (χ1v) is 10.7. The summed E-state index contributed by atoms with van der Waals surface area (Å²) in [6, 6.07) is 6.17. The fourth-order valence-electron chi connectivity index (χ4n) is 4.05. The van der Waals surface area contributed by atoms with Crippen molar-refractivity contribution in [3.05, 3.63) is 24.3 Å². The predicted molar refractivity (Wildman–Crippen MR) is 104 cm³/mol. The summed E-state index contributed by atoms with van der Waals surface area (Å²) in [6.45, 7) is 1.32. The minimum atomic E-state index is -4.38. The number of thioether (sulfide) groups is 1. The molecule has 1 N–H and O–H groups in total. The Hall–Kier alpha value is -1.41. The molecule has 1 heterocycles. The van der Waals surface area contributed by atoms with Gasteiger partial charge in [-0.15, -0.1) is 0 Å². The third kappa shape index (κ3) is 4.76. The first-order valence-electron chi connectivity index (χ1n) is 9.58. The lowest BCUT2D eigenvalue weighted by Gasteiger charge is -2.40. The van der Waals surface area contributed by atoms with Gasteiger partial charge in [0.05, 0.1) is 11.0 Å². The van der Waals surface area contributed by atoms with E-state index < -0.39 is 23.8 Å². The predicted octanol–water partition coefficient (Wildman–Crippen LogP) is 4.41. The van der Waals surface area contributed by atoms with Crippen molar-refractivity contribution in [3.63, 3.8) is 0 Å². The van der Waals surface area contributed by atoms with Crippen molar-refractivity contribution in [3.8, 4) is 5.75 Å². The second-order valence-electron chi connectivity index (χ2n) is 7.75. The van der Waals surface area contributed by atoms with E-state index in [1.165, 1.54) is 12.1 Å². The van der Waals surface area contributed by atoms with Crippen LogP contribution in [0, 0.1) is 5.41 Å². The summed E-state index contributed by atoms with van der Waals surface area (Å²) in [7, 11) is 0. The van der Waals surface area contributed by atoms with Gasteiger partial charge in [-0.05, 0) is 62.1 Å². The van der Waals surface area contributed by atoms with E-state index in [4.69, 9.17) is 4.74 Å². The van der Waals surface area contributed by atoms with Crippen molar-refractivity contribution in [2.75, 3.05) is 29.6 Å². The zero-order valence-corrected chi connectivity index (χ0v) is 16.7. The highest BCUT2D eigenvalue weighted by Crippen LogP contribution is 2.49. The van der Waals surface area contributed by atoms with E-state index in [9.17, 15) is 23.1 Å². The van der Waals surface area contributed by atoms with Gasteiger partial charge in [0.25, 0.3) is 0 Å². The molecule has 0 bridgehead atoms. The van der Waals surface area contributed by atoms with Crippen LogP contribution in [0.1, 0.15) is 39.0 Å². The second kappa shape index (κ2) is 8.14. The van der Waals surface area contributed by atoms with Crippen LogP contribution >= 0.6 is 11.8 Å². The Morgan fingerprint density at radius 1 is 1.14 bits per heavy atom. The molecule has 0 radical (unpaired) electrons. The fourth-order valence-corrected chi connectivity index (χ4v) is 4.92. The normalized spacial score (nSPS) is 28.2. The molecule has 8 heteroatoms. The summed E-state index contributed by atoms with van der Waals surface area (Å²) >= 11 is 1.72. The van der Waals surface area contributed by atoms with Crippen molar-refractivity contribution in [1.29, 1.82) is 0 Å². The van der Waals surface area contributed by atoms with E-state index in [-0.39, 0.29) is 11.7 Å². The summed E-state index contributed by atoms with van der Waals surface area (Å²) in [5.74, 6) is 1.85. The number of benzene rings is 1. The Kier molecular flexibility index (Phi) is 6.20. The number of carbonyl (C=O) groups excluding carboxylic acids is 1. The van der Waals surface area contributed by atoms with Crippen LogP contribution in [0.25, 0.3) is 0 Å². The average Bonchev–Trinajstić information content (AvgIpc) is 2.98. The highest BCUT2D eigenvalue weighted by molar-refractivity contribution is 7.99. The molecule has 156 valence electrons. The molecule has 2 aliphatic rings. The minimum Gasteiger partial charge on any atom is -0.484 e. The van der Waals surface area contributed by atoms with Crippen LogP contribution in [-0.4, -0.2) is 47.4 Å². The van der Waals surface area contributed by atoms with E-state index in [1.54, 1.807) is 28.8 Å². The van der Waals surface area contributed by atoms with Gasteiger partial charge in [0.1, 0.15) is 5.75 Å². The molecule has 0 unspecified atom stereocenters. The molecule has 1 aromatic carbocycles. The molecule has 1 aliphatic carbocycles. The second-order valence-corrected chi connectivity index (χ2v) is 9.02. The Morgan fingerprint density at radius 2 is 1.79 bits per heavy atom. The quantitative estimate of drug-likeness (QED) is 0.745. The van der Waals surface area contributed by atoms with Crippen molar-refractivity contribution in [2.45, 2.75) is 50.8 Å². The lowest BCUT2D eigenvalue weighted by Crippen LogP contribution is -2.44. The molecule has 1 spiro atoms. The Bertz CT molecular complexity index is 685. The van der Waals surface area contributed by atoms with Crippen LogP contribution in [0.15, 0.2) is 24.3 Å². The molecular formula is C20H26F3NO3S. The van der Waals surface area contributed by atoms with Crippen molar-refractivity contribution >= 4 is 23.4 Å². The van der Waals surface area contributed by atoms with Gasteiger partial charge in [0.15, 0.2) is 6.61 Å². The Balaban J connectivity index is 1.61. The molecule has 1 saturated carbocycles. The van der Waals surface area contributed by atoms with Gasteiger partial charge >= 0.3 is 6.18 Å². The summed E-state index contributed by atoms with van der Waals surface area (Å²) < 4.78 is 41.5. The number of anilines is 1. The van der Waals surface area contributed by atoms with Crippen LogP contribution in [0.3, 0.4) is 0 Å². The van der Waals surface area contributed by atoms with Gasteiger partial charge in [-0.1, -0.05) is 6.92 Å². The molecule has 2 fully saturated rings. The maximum absolute atomic E-state index is 13.1. The SMILES string of the molecule is CCSCC1(O)CCC2(CCN(c3ccc(OCC(F)(F)F)cc3)C2=O)CC1. The van der Waals surface area contributed by atoms with Gasteiger partial charge in [-0.2, -0.15) is 24.9 Å². The number of amides is 1. The van der Waals surface area contributed by atoms with Crippen molar-refractivity contribution in [1.82, 2.24) is 0 Å². The number of halogens is 3. The average molecular weight is 417 g/mol. The Labute approximate surface area is 167 Å². The summed E-state index contributed by atoms with van der Waals surface area (Å²) in [5.41, 5.74) is -0.435. The van der Waals surface area contributed by atoms with Gasteiger partial charge in [0.2, 0.25) is 5.91 Å². The van der Waals surface area contributed by atoms with E-state index in [1.807, 2.05) is 0 Å². The van der Waals surface area contributed by atoms with Crippen LogP contribution in [-0.2, 0) is 4.79 Å². The molecular weight excluding hydrogens is 391 g/mol. The number of hydrogen-bond donors (Lipinski definition) is 1. The van der Waals surface area contributed by atoms with Gasteiger partial charge < -0.3 is 14.7 Å². The molecule has 0 aromatic heterocycles. The molecule has 3 rings (SSSR count). The molecule has 28 heavy (non-hydrogen) atoms. The number of rotatable bonds is 6. The largest absolute Gasteiger partial charge is 0.484 e. The summed E-state index contributed by atoms with van der Waals surface area (Å²) in [6.07, 6.45) is -1.02. The molecule has 1 aliphatic heterocycles. The first kappa shape index (κ1) is 21.3. The monoisotopic (exact) mass is 417 g/mol. The van der Waals surface area contributed by atoms with Gasteiger partial charge in [-0.3, -0.25) is 4.79 Å². The van der Waals surface area contributed by atoms with Crippen LogP contribution < -0.4 is 9.64 Å². The summed E-state index contributed by atoms with van der Waals surface area (Å²) in [5, 5.41) is 10.7. The number of hydrogen-bond acceptors (Lipinski definition) is 4.